The van der Waals surface area contributed by atoms with Crippen molar-refractivity contribution in [2.24, 2.45) is 5.92 Å². The van der Waals surface area contributed by atoms with Gasteiger partial charge < -0.3 is 4.74 Å². The first-order valence-corrected chi connectivity index (χ1v) is 10.2. The molecule has 162 valence electrons. The van der Waals surface area contributed by atoms with Crippen LogP contribution in [0.2, 0.25) is 0 Å². The van der Waals surface area contributed by atoms with Gasteiger partial charge in [0.25, 0.3) is 0 Å². The van der Waals surface area contributed by atoms with Gasteiger partial charge in [-0.25, -0.2) is 14.6 Å². The van der Waals surface area contributed by atoms with Gasteiger partial charge in [0.1, 0.15) is 5.60 Å². The predicted octanol–water partition coefficient (Wildman–Crippen LogP) is 6.37. The van der Waals surface area contributed by atoms with Crippen LogP contribution in [0, 0.1) is 5.92 Å². The van der Waals surface area contributed by atoms with Crippen LogP contribution < -0.4 is 0 Å². The van der Waals surface area contributed by atoms with E-state index in [4.69, 9.17) is 24.3 Å². The summed E-state index contributed by atoms with van der Waals surface area (Å²) in [5, 5.41) is 0. The summed E-state index contributed by atoms with van der Waals surface area (Å²) in [6.45, 7) is 18.0. The standard InChI is InChI=1S/C21H42O6/c1-10-12-13-17(11-2)16-23-18(22)24-26-20(6,7)14-15-21(8,9)27-25-19(3,4)5/h17H,10-16H2,1-9H3. The van der Waals surface area contributed by atoms with Gasteiger partial charge >= 0.3 is 6.16 Å². The van der Waals surface area contributed by atoms with Crippen LogP contribution in [-0.2, 0) is 24.3 Å². The Morgan fingerprint density at radius 3 is 1.89 bits per heavy atom. The Morgan fingerprint density at radius 2 is 1.41 bits per heavy atom. The summed E-state index contributed by atoms with van der Waals surface area (Å²) in [6.07, 6.45) is 4.81. The van der Waals surface area contributed by atoms with E-state index < -0.39 is 17.4 Å². The van der Waals surface area contributed by atoms with Gasteiger partial charge in [-0.05, 0) is 73.6 Å². The Labute approximate surface area is 166 Å². The summed E-state index contributed by atoms with van der Waals surface area (Å²) < 4.78 is 5.18. The molecule has 0 fully saturated rings. The molecule has 0 rings (SSSR count). The molecular weight excluding hydrogens is 348 g/mol. The minimum atomic E-state index is -0.787. The number of carbonyl (C=O) groups is 1. The van der Waals surface area contributed by atoms with Crippen LogP contribution in [0.4, 0.5) is 4.79 Å². The molecule has 27 heavy (non-hydrogen) atoms. The van der Waals surface area contributed by atoms with Crippen molar-refractivity contribution in [3.63, 3.8) is 0 Å². The molecule has 1 unspecified atom stereocenters. The second-order valence-electron chi connectivity index (χ2n) is 9.44. The molecule has 0 spiro atoms. The Hall–Kier alpha value is -0.850. The van der Waals surface area contributed by atoms with Gasteiger partial charge in [0, 0.05) is 0 Å². The highest BCUT2D eigenvalue weighted by Gasteiger charge is 2.30. The molecule has 0 saturated heterocycles. The van der Waals surface area contributed by atoms with Crippen molar-refractivity contribution in [3.8, 4) is 0 Å². The molecule has 0 N–H and O–H groups in total. The first-order valence-electron chi connectivity index (χ1n) is 10.2. The van der Waals surface area contributed by atoms with Gasteiger partial charge in [0.2, 0.25) is 0 Å². The summed E-state index contributed by atoms with van der Waals surface area (Å²) in [5.41, 5.74) is -1.51. The van der Waals surface area contributed by atoms with Crippen LogP contribution in [0.25, 0.3) is 0 Å². The lowest BCUT2D eigenvalue weighted by Gasteiger charge is -2.31. The van der Waals surface area contributed by atoms with Crippen molar-refractivity contribution < 1.29 is 29.1 Å². The quantitative estimate of drug-likeness (QED) is 0.207. The van der Waals surface area contributed by atoms with Gasteiger partial charge in [0.15, 0.2) is 0 Å². The van der Waals surface area contributed by atoms with Crippen molar-refractivity contribution in [3.05, 3.63) is 0 Å². The normalized spacial score (nSPS) is 14.1. The van der Waals surface area contributed by atoms with E-state index in [0.717, 1.165) is 25.7 Å². The van der Waals surface area contributed by atoms with Crippen molar-refractivity contribution >= 4 is 6.16 Å². The molecule has 0 aliphatic carbocycles. The maximum Gasteiger partial charge on any atom is 0.540 e. The van der Waals surface area contributed by atoms with Crippen LogP contribution in [0.15, 0.2) is 0 Å². The first kappa shape index (κ1) is 26.1. The SMILES string of the molecule is CCCCC(CC)COC(=O)OOC(C)(C)CCC(C)(C)OOC(C)(C)C. The highest BCUT2D eigenvalue weighted by molar-refractivity contribution is 5.58. The van der Waals surface area contributed by atoms with Crippen LogP contribution in [0.1, 0.15) is 101 Å². The van der Waals surface area contributed by atoms with E-state index in [1.807, 2.05) is 48.5 Å². The molecule has 0 radical (unpaired) electrons. The van der Waals surface area contributed by atoms with E-state index >= 15 is 0 Å². The predicted molar refractivity (Wildman–Crippen MR) is 106 cm³/mol. The molecule has 0 bridgehead atoms. The largest absolute Gasteiger partial charge is 0.540 e. The zero-order valence-corrected chi connectivity index (χ0v) is 19.0. The summed E-state index contributed by atoms with van der Waals surface area (Å²) >= 11 is 0. The Bertz CT molecular complexity index is 411. The van der Waals surface area contributed by atoms with E-state index in [9.17, 15) is 4.79 Å². The number of ether oxygens (including phenoxy) is 1. The Morgan fingerprint density at radius 1 is 0.852 bits per heavy atom. The zero-order chi connectivity index (χ0) is 21.1. The number of hydrogen-bond acceptors (Lipinski definition) is 6. The maximum atomic E-state index is 11.8. The second-order valence-corrected chi connectivity index (χ2v) is 9.44. The molecular formula is C21H42O6. The third kappa shape index (κ3) is 14.8. The van der Waals surface area contributed by atoms with E-state index in [1.54, 1.807) is 0 Å². The molecule has 0 aliphatic heterocycles. The maximum absolute atomic E-state index is 11.8. The highest BCUT2D eigenvalue weighted by atomic mass is 17.2. The molecule has 6 nitrogen and oxygen atoms in total. The molecule has 0 aromatic heterocycles. The van der Waals surface area contributed by atoms with Gasteiger partial charge in [-0.3, -0.25) is 4.89 Å². The number of carbonyl (C=O) groups excluding carboxylic acids is 1. The average molecular weight is 391 g/mol. The van der Waals surface area contributed by atoms with Crippen molar-refractivity contribution in [1.29, 1.82) is 0 Å². The van der Waals surface area contributed by atoms with E-state index in [2.05, 4.69) is 13.8 Å². The summed E-state index contributed by atoms with van der Waals surface area (Å²) in [4.78, 5) is 32.9. The molecule has 0 aliphatic rings. The van der Waals surface area contributed by atoms with Crippen LogP contribution in [0.3, 0.4) is 0 Å². The van der Waals surface area contributed by atoms with Crippen molar-refractivity contribution in [1.82, 2.24) is 0 Å². The number of hydrogen-bond donors (Lipinski definition) is 0. The minimum Gasteiger partial charge on any atom is -0.432 e. The fourth-order valence-corrected chi connectivity index (χ4v) is 2.18. The highest BCUT2D eigenvalue weighted by Crippen LogP contribution is 2.27. The zero-order valence-electron chi connectivity index (χ0n) is 19.0. The minimum absolute atomic E-state index is 0.365. The lowest BCUT2D eigenvalue weighted by Crippen LogP contribution is -2.34. The summed E-state index contributed by atoms with van der Waals surface area (Å²) in [5.74, 6) is 0.367. The monoisotopic (exact) mass is 390 g/mol. The van der Waals surface area contributed by atoms with Crippen molar-refractivity contribution in [2.75, 3.05) is 6.61 Å². The molecule has 0 saturated carbocycles. The molecule has 0 amide bonds. The molecule has 0 aromatic carbocycles. The van der Waals surface area contributed by atoms with Crippen LogP contribution in [-0.4, -0.2) is 29.6 Å². The fraction of sp³-hybridized carbons (Fsp3) is 0.952. The second kappa shape index (κ2) is 11.9. The van der Waals surface area contributed by atoms with Crippen LogP contribution in [0.5, 0.6) is 0 Å². The number of rotatable bonds is 13. The molecule has 0 heterocycles. The Balaban J connectivity index is 4.21. The Kier molecular flexibility index (Phi) is 11.5. The van der Waals surface area contributed by atoms with Gasteiger partial charge in [-0.1, -0.05) is 33.1 Å². The number of unbranched alkanes of at least 4 members (excludes halogenated alkanes) is 1. The van der Waals surface area contributed by atoms with Gasteiger partial charge in [-0.15, -0.1) is 0 Å². The fourth-order valence-electron chi connectivity index (χ4n) is 2.18. The molecule has 6 heteroatoms. The lowest BCUT2D eigenvalue weighted by molar-refractivity contribution is -0.400. The molecule has 0 aromatic rings. The van der Waals surface area contributed by atoms with Gasteiger partial charge in [0.05, 0.1) is 17.8 Å². The third-order valence-corrected chi connectivity index (χ3v) is 4.16. The van der Waals surface area contributed by atoms with Crippen LogP contribution >= 0.6 is 0 Å². The van der Waals surface area contributed by atoms with E-state index in [-0.39, 0.29) is 5.60 Å². The first-order chi connectivity index (χ1) is 12.3. The van der Waals surface area contributed by atoms with E-state index in [0.29, 0.717) is 25.4 Å². The average Bonchev–Trinajstić information content (AvgIpc) is 2.57. The van der Waals surface area contributed by atoms with E-state index in [1.165, 1.54) is 0 Å². The van der Waals surface area contributed by atoms with Crippen molar-refractivity contribution in [2.45, 2.75) is 118 Å². The third-order valence-electron chi connectivity index (χ3n) is 4.16. The topological polar surface area (TPSA) is 63.2 Å². The lowest BCUT2D eigenvalue weighted by atomic mass is 9.94. The molecule has 1 atom stereocenters. The summed E-state index contributed by atoms with van der Waals surface area (Å²) in [7, 11) is 0. The smallest absolute Gasteiger partial charge is 0.432 e. The summed E-state index contributed by atoms with van der Waals surface area (Å²) in [6, 6.07) is 0. The van der Waals surface area contributed by atoms with Gasteiger partial charge in [-0.2, -0.15) is 4.89 Å².